The molecular formula is C14H18O2. The van der Waals surface area contributed by atoms with Gasteiger partial charge >= 0.3 is 5.97 Å². The molecule has 86 valence electrons. The Hall–Kier alpha value is -1.57. The maximum atomic E-state index is 10.8. The third kappa shape index (κ3) is 3.23. The molecule has 0 spiro atoms. The zero-order chi connectivity index (χ0) is 12.3. The van der Waals surface area contributed by atoms with Gasteiger partial charge in [0.05, 0.1) is 0 Å². The highest BCUT2D eigenvalue weighted by atomic mass is 16.4. The van der Waals surface area contributed by atoms with Crippen molar-refractivity contribution in [2.75, 3.05) is 0 Å². The minimum atomic E-state index is -0.897. The van der Waals surface area contributed by atoms with Crippen molar-refractivity contribution in [3.05, 3.63) is 41.5 Å². The predicted molar refractivity (Wildman–Crippen MR) is 66.2 cm³/mol. The summed E-state index contributed by atoms with van der Waals surface area (Å²) in [7, 11) is 0. The third-order valence-corrected chi connectivity index (χ3v) is 2.40. The van der Waals surface area contributed by atoms with Crippen LogP contribution in [0.5, 0.6) is 0 Å². The standard InChI is InChI=1S/C14H18O2/c1-10-6-5-7-11(8-10)12(9-13(15)16)14(2,3)4/h5-9H,1-4H3,(H,15,16)/b12-9-. The van der Waals surface area contributed by atoms with Gasteiger partial charge in [-0.2, -0.15) is 0 Å². The first-order chi connectivity index (χ1) is 7.30. The number of carbonyl (C=O) groups is 1. The molecule has 1 aromatic carbocycles. The molecule has 0 atom stereocenters. The van der Waals surface area contributed by atoms with E-state index in [2.05, 4.69) is 0 Å². The lowest BCUT2D eigenvalue weighted by atomic mass is 9.81. The van der Waals surface area contributed by atoms with Crippen LogP contribution >= 0.6 is 0 Å². The number of rotatable bonds is 2. The van der Waals surface area contributed by atoms with Crippen LogP contribution in [0, 0.1) is 12.3 Å². The summed E-state index contributed by atoms with van der Waals surface area (Å²) in [5.74, 6) is -0.897. The first kappa shape index (κ1) is 12.5. The van der Waals surface area contributed by atoms with Crippen molar-refractivity contribution >= 4 is 11.5 Å². The van der Waals surface area contributed by atoms with E-state index in [9.17, 15) is 4.79 Å². The van der Waals surface area contributed by atoms with E-state index in [4.69, 9.17) is 5.11 Å². The van der Waals surface area contributed by atoms with Crippen molar-refractivity contribution in [2.24, 2.45) is 5.41 Å². The van der Waals surface area contributed by atoms with E-state index >= 15 is 0 Å². The quantitative estimate of drug-likeness (QED) is 0.771. The Balaban J connectivity index is 3.28. The summed E-state index contributed by atoms with van der Waals surface area (Å²) in [5.41, 5.74) is 2.79. The van der Waals surface area contributed by atoms with Crippen molar-refractivity contribution in [3.8, 4) is 0 Å². The number of allylic oxidation sites excluding steroid dienone is 1. The molecule has 0 aliphatic heterocycles. The number of hydrogen-bond acceptors (Lipinski definition) is 1. The Morgan fingerprint density at radius 1 is 1.31 bits per heavy atom. The minimum absolute atomic E-state index is 0.174. The van der Waals surface area contributed by atoms with E-state index in [0.717, 1.165) is 16.7 Å². The lowest BCUT2D eigenvalue weighted by Gasteiger charge is -2.23. The number of carboxylic acid groups (broad SMARTS) is 1. The van der Waals surface area contributed by atoms with Gasteiger partial charge in [0.15, 0.2) is 0 Å². The van der Waals surface area contributed by atoms with Crippen LogP contribution in [-0.2, 0) is 4.79 Å². The second kappa shape index (κ2) is 4.52. The Kier molecular flexibility index (Phi) is 3.53. The molecule has 0 unspecified atom stereocenters. The van der Waals surface area contributed by atoms with Crippen LogP contribution in [0.25, 0.3) is 5.57 Å². The Morgan fingerprint density at radius 2 is 1.94 bits per heavy atom. The molecule has 2 heteroatoms. The summed E-state index contributed by atoms with van der Waals surface area (Å²) in [4.78, 5) is 10.8. The molecule has 0 saturated carbocycles. The summed E-state index contributed by atoms with van der Waals surface area (Å²) >= 11 is 0. The molecule has 0 heterocycles. The molecule has 16 heavy (non-hydrogen) atoms. The fraction of sp³-hybridized carbons (Fsp3) is 0.357. The Bertz CT molecular complexity index is 423. The van der Waals surface area contributed by atoms with E-state index in [1.165, 1.54) is 6.08 Å². The first-order valence-corrected chi connectivity index (χ1v) is 5.33. The van der Waals surface area contributed by atoms with Crippen molar-refractivity contribution in [3.63, 3.8) is 0 Å². The first-order valence-electron chi connectivity index (χ1n) is 5.33. The minimum Gasteiger partial charge on any atom is -0.478 e. The molecule has 0 fully saturated rings. The fourth-order valence-corrected chi connectivity index (χ4v) is 1.67. The molecule has 0 bridgehead atoms. The number of aryl methyl sites for hydroxylation is 1. The van der Waals surface area contributed by atoms with Crippen LogP contribution in [0.4, 0.5) is 0 Å². The van der Waals surface area contributed by atoms with Crippen LogP contribution in [0.2, 0.25) is 0 Å². The Labute approximate surface area is 96.6 Å². The summed E-state index contributed by atoms with van der Waals surface area (Å²) < 4.78 is 0. The molecule has 0 saturated heterocycles. The van der Waals surface area contributed by atoms with Crippen molar-refractivity contribution in [1.82, 2.24) is 0 Å². The summed E-state index contributed by atoms with van der Waals surface area (Å²) in [6.45, 7) is 8.06. The van der Waals surface area contributed by atoms with Gasteiger partial charge in [-0.25, -0.2) is 4.79 Å². The fourth-order valence-electron chi connectivity index (χ4n) is 1.67. The van der Waals surface area contributed by atoms with Gasteiger partial charge in [-0.05, 0) is 23.5 Å². The lowest BCUT2D eigenvalue weighted by molar-refractivity contribution is -0.131. The normalized spacial score (nSPS) is 12.6. The van der Waals surface area contributed by atoms with Crippen LogP contribution in [0.3, 0.4) is 0 Å². The smallest absolute Gasteiger partial charge is 0.328 e. The number of aliphatic carboxylic acids is 1. The molecule has 0 amide bonds. The maximum Gasteiger partial charge on any atom is 0.328 e. The zero-order valence-corrected chi connectivity index (χ0v) is 10.2. The average molecular weight is 218 g/mol. The van der Waals surface area contributed by atoms with Crippen molar-refractivity contribution < 1.29 is 9.90 Å². The second-order valence-corrected chi connectivity index (χ2v) is 5.02. The summed E-state index contributed by atoms with van der Waals surface area (Å²) in [6, 6.07) is 7.92. The number of hydrogen-bond donors (Lipinski definition) is 1. The third-order valence-electron chi connectivity index (χ3n) is 2.40. The largest absolute Gasteiger partial charge is 0.478 e. The van der Waals surface area contributed by atoms with Crippen LogP contribution < -0.4 is 0 Å². The second-order valence-electron chi connectivity index (χ2n) is 5.02. The van der Waals surface area contributed by atoms with E-state index in [0.29, 0.717) is 0 Å². The van der Waals surface area contributed by atoms with Gasteiger partial charge in [0.1, 0.15) is 0 Å². The predicted octanol–water partition coefficient (Wildman–Crippen LogP) is 3.51. The molecule has 1 N–H and O–H groups in total. The molecule has 0 aliphatic carbocycles. The summed E-state index contributed by atoms with van der Waals surface area (Å²) in [6.07, 6.45) is 1.30. The lowest BCUT2D eigenvalue weighted by Crippen LogP contribution is -2.10. The molecule has 1 aromatic rings. The Morgan fingerprint density at radius 3 is 2.38 bits per heavy atom. The van der Waals surface area contributed by atoms with E-state index in [-0.39, 0.29) is 5.41 Å². The van der Waals surface area contributed by atoms with Crippen LogP contribution in [-0.4, -0.2) is 11.1 Å². The maximum absolute atomic E-state index is 10.8. The molecule has 1 rings (SSSR count). The van der Waals surface area contributed by atoms with E-state index in [1.807, 2.05) is 52.0 Å². The molecule has 0 aliphatic rings. The van der Waals surface area contributed by atoms with Crippen LogP contribution in [0.15, 0.2) is 30.3 Å². The van der Waals surface area contributed by atoms with Crippen molar-refractivity contribution in [1.29, 1.82) is 0 Å². The highest BCUT2D eigenvalue weighted by molar-refractivity contribution is 5.91. The van der Waals surface area contributed by atoms with Gasteiger partial charge in [0.2, 0.25) is 0 Å². The molecule has 0 aromatic heterocycles. The SMILES string of the molecule is Cc1cccc(/C(=C/C(=O)O)C(C)(C)C)c1. The van der Waals surface area contributed by atoms with Gasteiger partial charge in [0, 0.05) is 6.08 Å². The van der Waals surface area contributed by atoms with Gasteiger partial charge in [0.25, 0.3) is 0 Å². The van der Waals surface area contributed by atoms with Gasteiger partial charge < -0.3 is 5.11 Å². The molecular weight excluding hydrogens is 200 g/mol. The highest BCUT2D eigenvalue weighted by Crippen LogP contribution is 2.34. The monoisotopic (exact) mass is 218 g/mol. The molecule has 2 nitrogen and oxygen atoms in total. The van der Waals surface area contributed by atoms with Gasteiger partial charge in [-0.3, -0.25) is 0 Å². The topological polar surface area (TPSA) is 37.3 Å². The zero-order valence-electron chi connectivity index (χ0n) is 10.2. The van der Waals surface area contributed by atoms with Gasteiger partial charge in [-0.1, -0.05) is 50.6 Å². The highest BCUT2D eigenvalue weighted by Gasteiger charge is 2.19. The molecule has 0 radical (unpaired) electrons. The number of benzene rings is 1. The van der Waals surface area contributed by atoms with E-state index < -0.39 is 5.97 Å². The van der Waals surface area contributed by atoms with E-state index in [1.54, 1.807) is 0 Å². The van der Waals surface area contributed by atoms with Gasteiger partial charge in [-0.15, -0.1) is 0 Å². The average Bonchev–Trinajstić information content (AvgIpc) is 2.12. The van der Waals surface area contributed by atoms with Crippen LogP contribution in [0.1, 0.15) is 31.9 Å². The summed E-state index contributed by atoms with van der Waals surface area (Å²) in [5, 5.41) is 8.90. The number of carboxylic acids is 1. The van der Waals surface area contributed by atoms with Crippen molar-refractivity contribution in [2.45, 2.75) is 27.7 Å².